The van der Waals surface area contributed by atoms with Gasteiger partial charge in [-0.2, -0.15) is 5.26 Å². The van der Waals surface area contributed by atoms with Crippen LogP contribution in [0.5, 0.6) is 0 Å². The Morgan fingerprint density at radius 3 is 2.50 bits per heavy atom. The number of benzene rings is 1. The molecule has 0 radical (unpaired) electrons. The lowest BCUT2D eigenvalue weighted by atomic mass is 10.1. The molecule has 2 rings (SSSR count). The number of hydrogen-bond donors (Lipinski definition) is 1. The highest BCUT2D eigenvalue weighted by molar-refractivity contribution is 7.80. The molecule has 1 saturated heterocycles. The molecule has 0 bridgehead atoms. The molecule has 1 aromatic carbocycles. The van der Waals surface area contributed by atoms with Crippen molar-refractivity contribution in [3.05, 3.63) is 30.3 Å². The van der Waals surface area contributed by atoms with Gasteiger partial charge < -0.3 is 10.2 Å². The van der Waals surface area contributed by atoms with Gasteiger partial charge in [0.2, 0.25) is 5.91 Å². The molecule has 104 valence electrons. The predicted molar refractivity (Wildman–Crippen MR) is 82.2 cm³/mol. The molecule has 1 aromatic rings. The van der Waals surface area contributed by atoms with E-state index in [2.05, 4.69) is 5.32 Å². The molecule has 0 aliphatic carbocycles. The third kappa shape index (κ3) is 3.55. The Labute approximate surface area is 124 Å². The number of thiocarbonyl (C=S) groups is 1. The molecular formula is C15H17N3OS. The maximum atomic E-state index is 12.3. The maximum Gasteiger partial charge on any atom is 0.246 e. The number of nitrogens with zero attached hydrogens (tertiary/aromatic N) is 2. The molecular weight excluding hydrogens is 270 g/mol. The molecule has 1 N–H and O–H groups in total. The first-order chi connectivity index (χ1) is 9.72. The fourth-order valence-electron chi connectivity index (χ4n) is 2.26. The highest BCUT2D eigenvalue weighted by atomic mass is 32.1. The average Bonchev–Trinajstić information content (AvgIpc) is 2.49. The van der Waals surface area contributed by atoms with Gasteiger partial charge in [0.25, 0.3) is 0 Å². The van der Waals surface area contributed by atoms with E-state index in [-0.39, 0.29) is 10.9 Å². The van der Waals surface area contributed by atoms with Crippen molar-refractivity contribution in [1.29, 1.82) is 5.26 Å². The third-order valence-electron chi connectivity index (χ3n) is 3.35. The Morgan fingerprint density at radius 1 is 1.25 bits per heavy atom. The Hall–Kier alpha value is -1.93. The third-order valence-corrected chi connectivity index (χ3v) is 3.69. The van der Waals surface area contributed by atoms with E-state index in [9.17, 15) is 10.1 Å². The van der Waals surface area contributed by atoms with Crippen molar-refractivity contribution in [2.24, 2.45) is 5.92 Å². The minimum Gasteiger partial charge on any atom is -0.348 e. The number of nitrogens with one attached hydrogen (secondary N) is 1. The predicted octanol–water partition coefficient (Wildman–Crippen LogP) is 2.58. The van der Waals surface area contributed by atoms with Crippen LogP contribution in [-0.4, -0.2) is 28.9 Å². The first-order valence-corrected chi connectivity index (χ1v) is 7.17. The van der Waals surface area contributed by atoms with Crippen LogP contribution in [0, 0.1) is 17.2 Å². The SMILES string of the molecule is N#C[C@H](C(=O)N1CCCCC1)C(=S)Nc1ccccc1. The summed E-state index contributed by atoms with van der Waals surface area (Å²) in [5.74, 6) is -1.08. The van der Waals surface area contributed by atoms with Crippen molar-refractivity contribution in [3.8, 4) is 6.07 Å². The van der Waals surface area contributed by atoms with E-state index < -0.39 is 5.92 Å². The molecule has 0 spiro atoms. The quantitative estimate of drug-likeness (QED) is 0.868. The lowest BCUT2D eigenvalue weighted by Crippen LogP contribution is -2.42. The number of nitriles is 1. The summed E-state index contributed by atoms with van der Waals surface area (Å²) in [7, 11) is 0. The number of piperidine rings is 1. The van der Waals surface area contributed by atoms with Crippen molar-refractivity contribution in [3.63, 3.8) is 0 Å². The molecule has 1 aliphatic rings. The summed E-state index contributed by atoms with van der Waals surface area (Å²) in [4.78, 5) is 14.4. The van der Waals surface area contributed by atoms with E-state index in [1.807, 2.05) is 36.4 Å². The van der Waals surface area contributed by atoms with Gasteiger partial charge in [-0.25, -0.2) is 0 Å². The lowest BCUT2D eigenvalue weighted by molar-refractivity contribution is -0.132. The van der Waals surface area contributed by atoms with E-state index in [4.69, 9.17) is 12.2 Å². The second-order valence-corrected chi connectivity index (χ2v) is 5.24. The lowest BCUT2D eigenvalue weighted by Gasteiger charge is -2.28. The minimum atomic E-state index is -0.900. The Bertz CT molecular complexity index is 518. The minimum absolute atomic E-state index is 0.180. The molecule has 5 heteroatoms. The summed E-state index contributed by atoms with van der Waals surface area (Å²) >= 11 is 5.22. The highest BCUT2D eigenvalue weighted by Gasteiger charge is 2.28. The van der Waals surface area contributed by atoms with Crippen LogP contribution in [0.25, 0.3) is 0 Å². The van der Waals surface area contributed by atoms with Crippen molar-refractivity contribution < 1.29 is 4.79 Å². The Kier molecular flexibility index (Phi) is 5.08. The van der Waals surface area contributed by atoms with Crippen LogP contribution in [0.1, 0.15) is 19.3 Å². The summed E-state index contributed by atoms with van der Waals surface area (Å²) < 4.78 is 0. The van der Waals surface area contributed by atoms with Gasteiger partial charge >= 0.3 is 0 Å². The topological polar surface area (TPSA) is 56.1 Å². The van der Waals surface area contributed by atoms with Gasteiger partial charge in [0.1, 0.15) is 4.99 Å². The van der Waals surface area contributed by atoms with Crippen molar-refractivity contribution in [2.45, 2.75) is 19.3 Å². The number of hydrogen-bond acceptors (Lipinski definition) is 3. The summed E-state index contributed by atoms with van der Waals surface area (Å²) in [5, 5.41) is 12.2. The Morgan fingerprint density at radius 2 is 1.90 bits per heavy atom. The zero-order chi connectivity index (χ0) is 14.4. The molecule has 20 heavy (non-hydrogen) atoms. The number of anilines is 1. The normalized spacial score (nSPS) is 16.1. The number of carbonyl (C=O) groups excluding carboxylic acids is 1. The van der Waals surface area contributed by atoms with Gasteiger partial charge in [-0.15, -0.1) is 0 Å². The molecule has 4 nitrogen and oxygen atoms in total. The summed E-state index contributed by atoms with van der Waals surface area (Å²) in [6.07, 6.45) is 3.15. The van der Waals surface area contributed by atoms with Gasteiger partial charge in [-0.3, -0.25) is 4.79 Å². The van der Waals surface area contributed by atoms with Crippen molar-refractivity contribution >= 4 is 28.8 Å². The summed E-state index contributed by atoms with van der Waals surface area (Å²) in [6, 6.07) is 11.4. The van der Waals surface area contributed by atoms with Gasteiger partial charge in [-0.05, 0) is 31.4 Å². The molecule has 1 heterocycles. The standard InChI is InChI=1S/C15H17N3OS/c16-11-13(15(19)18-9-5-2-6-10-18)14(20)17-12-7-3-1-4-8-12/h1,3-4,7-8,13H,2,5-6,9-10H2,(H,17,20)/t13-/m0/s1. The van der Waals surface area contributed by atoms with E-state index in [1.54, 1.807) is 4.90 Å². The molecule has 1 amide bonds. The largest absolute Gasteiger partial charge is 0.348 e. The van der Waals surface area contributed by atoms with Crippen LogP contribution in [0.15, 0.2) is 30.3 Å². The van der Waals surface area contributed by atoms with Gasteiger partial charge in [0.05, 0.1) is 6.07 Å². The van der Waals surface area contributed by atoms with E-state index in [1.165, 1.54) is 0 Å². The first-order valence-electron chi connectivity index (χ1n) is 6.76. The molecule has 1 atom stereocenters. The monoisotopic (exact) mass is 287 g/mol. The number of carbonyl (C=O) groups is 1. The molecule has 1 fully saturated rings. The van der Waals surface area contributed by atoms with Crippen LogP contribution in [-0.2, 0) is 4.79 Å². The van der Waals surface area contributed by atoms with Crippen LogP contribution in [0.3, 0.4) is 0 Å². The number of rotatable bonds is 3. The van der Waals surface area contributed by atoms with Crippen LogP contribution < -0.4 is 5.32 Å². The van der Waals surface area contributed by atoms with Gasteiger partial charge in [-0.1, -0.05) is 30.4 Å². The number of likely N-dealkylation sites (tertiary alicyclic amines) is 1. The Balaban J connectivity index is 2.02. The van der Waals surface area contributed by atoms with Gasteiger partial charge in [0, 0.05) is 18.8 Å². The van der Waals surface area contributed by atoms with Gasteiger partial charge in [0.15, 0.2) is 5.92 Å². The molecule has 0 aromatic heterocycles. The summed E-state index contributed by atoms with van der Waals surface area (Å²) in [6.45, 7) is 1.45. The second kappa shape index (κ2) is 7.01. The number of amides is 1. The summed E-state index contributed by atoms with van der Waals surface area (Å²) in [5.41, 5.74) is 0.796. The zero-order valence-corrected chi connectivity index (χ0v) is 12.0. The van der Waals surface area contributed by atoms with E-state index in [0.717, 1.165) is 38.0 Å². The smallest absolute Gasteiger partial charge is 0.246 e. The fraction of sp³-hybridized carbons (Fsp3) is 0.400. The van der Waals surface area contributed by atoms with Crippen LogP contribution >= 0.6 is 12.2 Å². The average molecular weight is 287 g/mol. The second-order valence-electron chi connectivity index (χ2n) is 4.80. The first kappa shape index (κ1) is 14.5. The van der Waals surface area contributed by atoms with E-state index in [0.29, 0.717) is 0 Å². The highest BCUT2D eigenvalue weighted by Crippen LogP contribution is 2.15. The molecule has 1 aliphatic heterocycles. The number of para-hydroxylation sites is 1. The van der Waals surface area contributed by atoms with Crippen LogP contribution in [0.2, 0.25) is 0 Å². The molecule has 0 unspecified atom stereocenters. The van der Waals surface area contributed by atoms with Crippen LogP contribution in [0.4, 0.5) is 5.69 Å². The van der Waals surface area contributed by atoms with Crippen molar-refractivity contribution in [2.75, 3.05) is 18.4 Å². The maximum absolute atomic E-state index is 12.3. The van der Waals surface area contributed by atoms with E-state index >= 15 is 0 Å². The zero-order valence-electron chi connectivity index (χ0n) is 11.2. The van der Waals surface area contributed by atoms with Crippen molar-refractivity contribution in [1.82, 2.24) is 4.90 Å². The fourth-order valence-corrected chi connectivity index (χ4v) is 2.53. The molecule has 0 saturated carbocycles.